The Morgan fingerprint density at radius 1 is 1.15 bits per heavy atom. The molecule has 0 saturated heterocycles. The van der Waals surface area contributed by atoms with Gasteiger partial charge in [0.2, 0.25) is 0 Å². The Bertz CT molecular complexity index is 1020. The number of aryl methyl sites for hydroxylation is 1. The molecule has 0 radical (unpaired) electrons. The lowest BCUT2D eigenvalue weighted by atomic mass is 9.99. The zero-order valence-electron chi connectivity index (χ0n) is 14.5. The highest BCUT2D eigenvalue weighted by atomic mass is 35.5. The lowest BCUT2D eigenvalue weighted by molar-refractivity contribution is -0.147. The van der Waals surface area contributed by atoms with Crippen molar-refractivity contribution in [1.29, 1.82) is 0 Å². The van der Waals surface area contributed by atoms with Crippen LogP contribution in [0.15, 0.2) is 51.7 Å². The minimum atomic E-state index is -0.746. The number of carbonyl (C=O) groups excluding carboxylic acids is 1. The number of fused-ring (bicyclic) bond motifs is 1. The Labute approximate surface area is 155 Å². The first-order chi connectivity index (χ1) is 12.4. The van der Waals surface area contributed by atoms with Crippen molar-refractivity contribution < 1.29 is 18.7 Å². The fourth-order valence-electron chi connectivity index (χ4n) is 2.77. The summed E-state index contributed by atoms with van der Waals surface area (Å²) in [5.41, 5.74) is 1.97. The summed E-state index contributed by atoms with van der Waals surface area (Å²) in [5, 5.41) is 1.31. The number of carbonyl (C=O) groups is 1. The van der Waals surface area contributed by atoms with E-state index < -0.39 is 17.7 Å². The van der Waals surface area contributed by atoms with E-state index in [1.54, 1.807) is 49.4 Å². The summed E-state index contributed by atoms with van der Waals surface area (Å²) < 4.78 is 15.7. The molecule has 0 amide bonds. The normalized spacial score (nSPS) is 12.0. The molecule has 0 fully saturated rings. The number of halogens is 1. The number of hydrogen-bond donors (Lipinski definition) is 0. The van der Waals surface area contributed by atoms with Crippen molar-refractivity contribution in [2.75, 3.05) is 7.11 Å². The molecule has 3 rings (SSSR count). The lowest BCUT2D eigenvalue weighted by Crippen LogP contribution is -2.24. The largest absolute Gasteiger partial charge is 0.479 e. The molecule has 1 aromatic heterocycles. The van der Waals surface area contributed by atoms with Gasteiger partial charge in [0.15, 0.2) is 6.10 Å². The van der Waals surface area contributed by atoms with Gasteiger partial charge in [0.1, 0.15) is 11.3 Å². The zero-order chi connectivity index (χ0) is 18.8. The summed E-state index contributed by atoms with van der Waals surface area (Å²) in [4.78, 5) is 24.0. The molecule has 1 heterocycles. The van der Waals surface area contributed by atoms with Crippen LogP contribution < -0.4 is 10.4 Å². The number of hydrogen-bond acceptors (Lipinski definition) is 5. The van der Waals surface area contributed by atoms with Gasteiger partial charge >= 0.3 is 11.6 Å². The molecule has 2 aromatic carbocycles. The molecular weight excluding hydrogens is 356 g/mol. The maximum absolute atomic E-state index is 12.4. The number of ether oxygens (including phenoxy) is 2. The predicted octanol–water partition coefficient (Wildman–Crippen LogP) is 4.36. The summed E-state index contributed by atoms with van der Waals surface area (Å²) in [5.74, 6) is 0.0117. The summed E-state index contributed by atoms with van der Waals surface area (Å²) in [7, 11) is 1.31. The summed E-state index contributed by atoms with van der Waals surface area (Å²) in [6.45, 7) is 3.45. The average Bonchev–Trinajstić information content (AvgIpc) is 2.63. The molecule has 26 heavy (non-hydrogen) atoms. The van der Waals surface area contributed by atoms with E-state index in [1.165, 1.54) is 7.11 Å². The molecule has 3 aromatic rings. The van der Waals surface area contributed by atoms with Crippen molar-refractivity contribution in [1.82, 2.24) is 0 Å². The molecule has 0 spiro atoms. The summed E-state index contributed by atoms with van der Waals surface area (Å²) in [6.07, 6.45) is -0.746. The second-order valence-corrected chi connectivity index (χ2v) is 6.27. The van der Waals surface area contributed by atoms with Crippen LogP contribution in [0.1, 0.15) is 12.5 Å². The number of methoxy groups -OCH3 is 1. The van der Waals surface area contributed by atoms with E-state index in [-0.39, 0.29) is 0 Å². The van der Waals surface area contributed by atoms with Gasteiger partial charge in [-0.3, -0.25) is 0 Å². The van der Waals surface area contributed by atoms with Crippen LogP contribution >= 0.6 is 11.6 Å². The van der Waals surface area contributed by atoms with Crippen molar-refractivity contribution >= 4 is 28.5 Å². The minimum Gasteiger partial charge on any atom is -0.479 e. The number of rotatable bonds is 4. The lowest BCUT2D eigenvalue weighted by Gasteiger charge is -2.14. The molecule has 0 N–H and O–H groups in total. The first-order valence-electron chi connectivity index (χ1n) is 7.98. The van der Waals surface area contributed by atoms with Gasteiger partial charge in [-0.25, -0.2) is 9.59 Å². The molecule has 0 aliphatic carbocycles. The van der Waals surface area contributed by atoms with E-state index in [1.807, 2.05) is 6.92 Å². The zero-order valence-corrected chi connectivity index (χ0v) is 15.3. The van der Waals surface area contributed by atoms with Gasteiger partial charge in [0, 0.05) is 10.4 Å². The third-order valence-corrected chi connectivity index (χ3v) is 4.37. The van der Waals surface area contributed by atoms with Gasteiger partial charge in [-0.15, -0.1) is 0 Å². The Morgan fingerprint density at radius 3 is 2.50 bits per heavy atom. The molecule has 6 heteroatoms. The van der Waals surface area contributed by atoms with Crippen LogP contribution in [-0.2, 0) is 9.53 Å². The van der Waals surface area contributed by atoms with Crippen molar-refractivity contribution in [3.05, 3.63) is 63.5 Å². The van der Waals surface area contributed by atoms with E-state index in [2.05, 4.69) is 4.74 Å². The first-order valence-corrected chi connectivity index (χ1v) is 8.36. The topological polar surface area (TPSA) is 65.7 Å². The Balaban J connectivity index is 2.10. The van der Waals surface area contributed by atoms with Crippen molar-refractivity contribution in [3.8, 4) is 16.9 Å². The number of benzene rings is 2. The fraction of sp³-hybridized carbons (Fsp3) is 0.200. The Morgan fingerprint density at radius 2 is 1.85 bits per heavy atom. The van der Waals surface area contributed by atoms with Gasteiger partial charge in [-0.1, -0.05) is 23.7 Å². The fourth-order valence-corrected chi connectivity index (χ4v) is 2.90. The summed E-state index contributed by atoms with van der Waals surface area (Å²) in [6, 6.07) is 12.0. The van der Waals surface area contributed by atoms with Crippen LogP contribution in [-0.4, -0.2) is 19.2 Å². The monoisotopic (exact) mass is 372 g/mol. The Kier molecular flexibility index (Phi) is 5.00. The van der Waals surface area contributed by atoms with Gasteiger partial charge in [0.25, 0.3) is 0 Å². The van der Waals surface area contributed by atoms with Crippen LogP contribution in [0.4, 0.5) is 0 Å². The quantitative estimate of drug-likeness (QED) is 0.502. The minimum absolute atomic E-state index is 0.422. The van der Waals surface area contributed by atoms with E-state index in [9.17, 15) is 9.59 Å². The molecule has 0 unspecified atom stereocenters. The molecule has 5 nitrogen and oxygen atoms in total. The van der Waals surface area contributed by atoms with Gasteiger partial charge in [0.05, 0.1) is 12.7 Å². The third kappa shape index (κ3) is 3.44. The third-order valence-electron chi connectivity index (χ3n) is 4.12. The van der Waals surface area contributed by atoms with Crippen LogP contribution in [0, 0.1) is 6.92 Å². The molecule has 0 saturated carbocycles. The molecule has 0 bridgehead atoms. The van der Waals surface area contributed by atoms with Gasteiger partial charge < -0.3 is 13.9 Å². The van der Waals surface area contributed by atoms with Crippen LogP contribution in [0.2, 0.25) is 5.02 Å². The van der Waals surface area contributed by atoms with E-state index >= 15 is 0 Å². The highest BCUT2D eigenvalue weighted by Gasteiger charge is 2.17. The van der Waals surface area contributed by atoms with Crippen molar-refractivity contribution in [3.63, 3.8) is 0 Å². The second-order valence-electron chi connectivity index (χ2n) is 5.84. The standard InChI is InChI=1S/C20H17ClO5/c1-11-16-10-15(25-12(2)19(22)24-3)8-9-17(16)26-20(23)18(11)13-4-6-14(21)7-5-13/h4-10,12H,1-3H3/t12-/m0/s1. The maximum atomic E-state index is 12.4. The van der Waals surface area contributed by atoms with Gasteiger partial charge in [-0.05, 0) is 55.3 Å². The second kappa shape index (κ2) is 7.22. The maximum Gasteiger partial charge on any atom is 0.346 e. The van der Waals surface area contributed by atoms with Crippen LogP contribution in [0.5, 0.6) is 5.75 Å². The molecule has 0 aliphatic heterocycles. The van der Waals surface area contributed by atoms with Crippen molar-refractivity contribution in [2.24, 2.45) is 0 Å². The van der Waals surface area contributed by atoms with Crippen LogP contribution in [0.25, 0.3) is 22.1 Å². The average molecular weight is 373 g/mol. The first kappa shape index (κ1) is 18.0. The van der Waals surface area contributed by atoms with E-state index in [0.29, 0.717) is 21.9 Å². The SMILES string of the molecule is COC(=O)[C@H](C)Oc1ccc2oc(=O)c(-c3ccc(Cl)cc3)c(C)c2c1. The predicted molar refractivity (Wildman–Crippen MR) is 99.8 cm³/mol. The van der Waals surface area contributed by atoms with Crippen molar-refractivity contribution in [2.45, 2.75) is 20.0 Å². The molecule has 1 atom stereocenters. The number of esters is 1. The molecule has 0 aliphatic rings. The highest BCUT2D eigenvalue weighted by Crippen LogP contribution is 2.30. The van der Waals surface area contributed by atoms with Gasteiger partial charge in [-0.2, -0.15) is 0 Å². The highest BCUT2D eigenvalue weighted by molar-refractivity contribution is 6.30. The Hall–Kier alpha value is -2.79. The smallest absolute Gasteiger partial charge is 0.346 e. The molecular formula is C20H17ClO5. The van der Waals surface area contributed by atoms with E-state index in [4.69, 9.17) is 20.8 Å². The van der Waals surface area contributed by atoms with Crippen LogP contribution in [0.3, 0.4) is 0 Å². The molecule has 134 valence electrons. The summed E-state index contributed by atoms with van der Waals surface area (Å²) >= 11 is 5.92. The van der Waals surface area contributed by atoms with E-state index in [0.717, 1.165) is 16.5 Å².